The average molecular weight is 733 g/mol. The molecule has 0 aromatic heterocycles. The normalized spacial score (nSPS) is 36.7. The van der Waals surface area contributed by atoms with Crippen LogP contribution in [0.1, 0.15) is 125 Å². The van der Waals surface area contributed by atoms with Crippen LogP contribution in [-0.2, 0) is 28.7 Å². The van der Waals surface area contributed by atoms with Crippen LogP contribution < -0.4 is 9.47 Å². The number of hydrogen-bond donors (Lipinski definition) is 1. The molecular weight excluding hydrogens is 672 g/mol. The van der Waals surface area contributed by atoms with Gasteiger partial charge >= 0.3 is 23.9 Å². The number of allylic oxidation sites excluding steroid dienone is 1. The Morgan fingerprint density at radius 3 is 2.25 bits per heavy atom. The quantitative estimate of drug-likeness (QED) is 0.121. The maximum atomic E-state index is 13.7. The van der Waals surface area contributed by atoms with Crippen molar-refractivity contribution in [3.63, 3.8) is 0 Å². The van der Waals surface area contributed by atoms with Gasteiger partial charge < -0.3 is 24.1 Å². The minimum Gasteiger partial charge on any atom is -0.493 e. The van der Waals surface area contributed by atoms with E-state index in [0.717, 1.165) is 44.9 Å². The summed E-state index contributed by atoms with van der Waals surface area (Å²) in [5.74, 6) is -0.693. The molecule has 0 bridgehead atoms. The highest BCUT2D eigenvalue weighted by atomic mass is 16.6. The van der Waals surface area contributed by atoms with Crippen LogP contribution in [0.4, 0.5) is 0 Å². The number of carboxylic acid groups (broad SMARTS) is 1. The zero-order chi connectivity index (χ0) is 38.8. The lowest BCUT2D eigenvalue weighted by Gasteiger charge is -2.71. The molecule has 9 nitrogen and oxygen atoms in total. The van der Waals surface area contributed by atoms with Crippen molar-refractivity contribution >= 4 is 30.0 Å². The highest BCUT2D eigenvalue weighted by Crippen LogP contribution is 2.76. The standard InChI is InChI=1S/C44H60O9/c1-27(45)52-32-13-10-29(24-33(32)50-9)11-15-37(47)51-26-44-23-22-43(38(48)49)21-20-39(3,4)25-31(43)30(44)12-14-35-41(7)18-17-36(53-28(2)46)40(5,6)34(41)16-19-42(35,44)8/h10-13,15,24,31,34-36H,14,16-23,25-26H2,1-9H3,(H,48,49)/b15-11+/t31-,34-,35+,36-,41-,42+,43-,44-/m0/s1. The third-order valence-electron chi connectivity index (χ3n) is 15.3. The second-order valence-corrected chi connectivity index (χ2v) is 18.8. The van der Waals surface area contributed by atoms with Gasteiger partial charge in [0.1, 0.15) is 12.7 Å². The van der Waals surface area contributed by atoms with Gasteiger partial charge in [0.2, 0.25) is 0 Å². The van der Waals surface area contributed by atoms with Crippen LogP contribution in [0.2, 0.25) is 0 Å². The van der Waals surface area contributed by atoms with Crippen molar-refractivity contribution in [2.24, 2.45) is 50.2 Å². The maximum Gasteiger partial charge on any atom is 0.330 e. The fourth-order valence-corrected chi connectivity index (χ4v) is 12.6. The number of rotatable bonds is 8. The van der Waals surface area contributed by atoms with E-state index in [1.54, 1.807) is 24.3 Å². The summed E-state index contributed by atoms with van der Waals surface area (Å²) in [4.78, 5) is 50.6. The molecule has 8 atom stereocenters. The van der Waals surface area contributed by atoms with Gasteiger partial charge in [0.05, 0.1) is 12.5 Å². The molecule has 0 aliphatic heterocycles. The third-order valence-corrected chi connectivity index (χ3v) is 15.3. The summed E-state index contributed by atoms with van der Waals surface area (Å²) in [6, 6.07) is 5.07. The van der Waals surface area contributed by atoms with E-state index in [-0.39, 0.29) is 52.2 Å². The van der Waals surface area contributed by atoms with Crippen LogP contribution >= 0.6 is 0 Å². The van der Waals surface area contributed by atoms with E-state index >= 15 is 0 Å². The molecule has 0 saturated heterocycles. The summed E-state index contributed by atoms with van der Waals surface area (Å²) in [7, 11) is 1.49. The van der Waals surface area contributed by atoms with Gasteiger partial charge in [-0.1, -0.05) is 59.3 Å². The highest BCUT2D eigenvalue weighted by molar-refractivity contribution is 5.87. The SMILES string of the molecule is COc1cc(/C=C/C(=O)OC[C@@]23CC[C@@]4(C(=O)O)CCC(C)(C)C[C@H]4C2=CC[C@@H]2[C@@]4(C)CC[C@H](OC(C)=O)C(C)(C)[C@@H]4CC[C@]23C)ccc1OC(C)=O. The summed E-state index contributed by atoms with van der Waals surface area (Å²) >= 11 is 0. The summed E-state index contributed by atoms with van der Waals surface area (Å²) < 4.78 is 22.9. The molecule has 4 saturated carbocycles. The number of ether oxygens (including phenoxy) is 4. The first-order valence-corrected chi connectivity index (χ1v) is 19.6. The fourth-order valence-electron chi connectivity index (χ4n) is 12.6. The van der Waals surface area contributed by atoms with Crippen molar-refractivity contribution in [1.29, 1.82) is 0 Å². The van der Waals surface area contributed by atoms with Crippen LogP contribution in [0.15, 0.2) is 35.9 Å². The number of aliphatic carboxylic acids is 1. The molecule has 5 aliphatic carbocycles. The lowest BCUT2D eigenvalue weighted by Crippen LogP contribution is -2.67. The van der Waals surface area contributed by atoms with Gasteiger partial charge in [-0.2, -0.15) is 0 Å². The summed E-state index contributed by atoms with van der Waals surface area (Å²) in [5.41, 5.74) is 0.0570. The number of fused-ring (bicyclic) bond motifs is 7. The monoisotopic (exact) mass is 732 g/mol. The van der Waals surface area contributed by atoms with E-state index in [1.807, 2.05) is 0 Å². The first kappa shape index (κ1) is 39.1. The molecule has 0 amide bonds. The van der Waals surface area contributed by atoms with Crippen molar-refractivity contribution < 1.29 is 43.2 Å². The van der Waals surface area contributed by atoms with E-state index < -0.39 is 28.7 Å². The number of methoxy groups -OCH3 is 1. The minimum absolute atomic E-state index is 0.000471. The third kappa shape index (κ3) is 6.41. The van der Waals surface area contributed by atoms with E-state index in [0.29, 0.717) is 42.2 Å². The molecule has 0 unspecified atom stereocenters. The first-order chi connectivity index (χ1) is 24.7. The van der Waals surface area contributed by atoms with Gasteiger partial charge in [-0.15, -0.1) is 0 Å². The zero-order valence-corrected chi connectivity index (χ0v) is 33.3. The van der Waals surface area contributed by atoms with E-state index in [4.69, 9.17) is 18.9 Å². The number of hydrogen-bond acceptors (Lipinski definition) is 8. The maximum absolute atomic E-state index is 13.7. The van der Waals surface area contributed by atoms with Gasteiger partial charge in [0, 0.05) is 30.8 Å². The Morgan fingerprint density at radius 2 is 1.58 bits per heavy atom. The van der Waals surface area contributed by atoms with Crippen LogP contribution in [0.5, 0.6) is 11.5 Å². The molecule has 4 fully saturated rings. The Kier molecular flexibility index (Phi) is 10.0. The summed E-state index contributed by atoms with van der Waals surface area (Å²) in [6.07, 6.45) is 13.4. The minimum atomic E-state index is -0.819. The predicted octanol–water partition coefficient (Wildman–Crippen LogP) is 8.98. The Hall–Kier alpha value is -3.62. The molecule has 1 aromatic rings. The fraction of sp³-hybridized carbons (Fsp3) is 0.682. The smallest absolute Gasteiger partial charge is 0.330 e. The van der Waals surface area contributed by atoms with Crippen molar-refractivity contribution in [2.45, 2.75) is 126 Å². The van der Waals surface area contributed by atoms with E-state index in [2.05, 4.69) is 47.6 Å². The second-order valence-electron chi connectivity index (χ2n) is 18.8. The number of carbonyl (C=O) groups is 4. The number of esters is 3. The van der Waals surface area contributed by atoms with Crippen molar-refractivity contribution in [3.05, 3.63) is 41.5 Å². The predicted molar refractivity (Wildman–Crippen MR) is 201 cm³/mol. The molecule has 1 aromatic carbocycles. The summed E-state index contributed by atoms with van der Waals surface area (Å²) in [6.45, 7) is 16.9. The number of benzene rings is 1. The molecule has 0 radical (unpaired) electrons. The van der Waals surface area contributed by atoms with Gasteiger partial charge in [0.25, 0.3) is 0 Å². The molecule has 0 spiro atoms. The largest absolute Gasteiger partial charge is 0.493 e. The summed E-state index contributed by atoms with van der Waals surface area (Å²) in [5, 5.41) is 10.9. The van der Waals surface area contributed by atoms with Crippen LogP contribution in [0, 0.1) is 50.2 Å². The molecular formula is C44H60O9. The molecule has 53 heavy (non-hydrogen) atoms. The molecule has 9 heteroatoms. The first-order valence-electron chi connectivity index (χ1n) is 19.6. The molecule has 5 aliphatic rings. The lowest BCUT2D eigenvalue weighted by molar-refractivity contribution is -0.222. The van der Waals surface area contributed by atoms with Crippen molar-refractivity contribution in [2.75, 3.05) is 13.7 Å². The average Bonchev–Trinajstić information content (AvgIpc) is 3.07. The van der Waals surface area contributed by atoms with Crippen LogP contribution in [0.25, 0.3) is 6.08 Å². The zero-order valence-electron chi connectivity index (χ0n) is 33.3. The van der Waals surface area contributed by atoms with Gasteiger partial charge in [-0.25, -0.2) is 4.79 Å². The molecule has 290 valence electrons. The number of carboxylic acids is 1. The molecule has 1 N–H and O–H groups in total. The Balaban J connectivity index is 1.36. The topological polar surface area (TPSA) is 125 Å². The lowest BCUT2D eigenvalue weighted by atomic mass is 9.33. The van der Waals surface area contributed by atoms with Gasteiger partial charge in [0.15, 0.2) is 11.5 Å². The second kappa shape index (κ2) is 13.6. The van der Waals surface area contributed by atoms with Crippen molar-refractivity contribution in [1.82, 2.24) is 0 Å². The van der Waals surface area contributed by atoms with Crippen LogP contribution in [0.3, 0.4) is 0 Å². The number of carbonyl (C=O) groups excluding carboxylic acids is 3. The molecule has 0 heterocycles. The Labute approximate surface area is 315 Å². The van der Waals surface area contributed by atoms with Crippen molar-refractivity contribution in [3.8, 4) is 11.5 Å². The van der Waals surface area contributed by atoms with E-state index in [1.165, 1.54) is 32.6 Å². The van der Waals surface area contributed by atoms with Crippen LogP contribution in [-0.4, -0.2) is 48.8 Å². The van der Waals surface area contributed by atoms with Gasteiger partial charge in [-0.3, -0.25) is 14.4 Å². The molecule has 6 rings (SSSR count). The van der Waals surface area contributed by atoms with Gasteiger partial charge in [-0.05, 0) is 122 Å². The Morgan fingerprint density at radius 1 is 0.868 bits per heavy atom. The Bertz CT molecular complexity index is 1720. The van der Waals surface area contributed by atoms with E-state index in [9.17, 15) is 24.3 Å². The highest BCUT2D eigenvalue weighted by Gasteiger charge is 2.71.